The van der Waals surface area contributed by atoms with Gasteiger partial charge < -0.3 is 10.1 Å². The minimum Gasteiger partial charge on any atom is -0.380 e. The molecule has 0 aromatic carbocycles. The summed E-state index contributed by atoms with van der Waals surface area (Å²) in [5.74, 6) is 0.595. The van der Waals surface area contributed by atoms with Crippen LogP contribution in [0.2, 0.25) is 0 Å². The first-order valence-corrected chi connectivity index (χ1v) is 7.26. The molecule has 0 saturated heterocycles. The van der Waals surface area contributed by atoms with Crippen LogP contribution >= 0.6 is 31.9 Å². The maximum atomic E-state index is 5.48. The molecule has 3 nitrogen and oxygen atoms in total. The Bertz CT molecular complexity index is 345. The standard InChI is InChI=1S/C12H18Br2N2O/c1-9(2)8-17-4-3-15-7-12-11(14)5-10(13)6-16-12/h5-6,9,15H,3-4,7-8H2,1-2H3. The number of halogens is 2. The molecule has 0 radical (unpaired) electrons. The van der Waals surface area contributed by atoms with Crippen LogP contribution in [-0.2, 0) is 11.3 Å². The van der Waals surface area contributed by atoms with Crippen LogP contribution in [0.5, 0.6) is 0 Å². The second-order valence-corrected chi connectivity index (χ2v) is 6.00. The zero-order chi connectivity index (χ0) is 12.7. The van der Waals surface area contributed by atoms with E-state index in [1.54, 1.807) is 6.20 Å². The van der Waals surface area contributed by atoms with Gasteiger partial charge in [-0.05, 0) is 43.8 Å². The SMILES string of the molecule is CC(C)COCCNCc1ncc(Br)cc1Br. The minimum absolute atomic E-state index is 0.595. The number of pyridine rings is 1. The van der Waals surface area contributed by atoms with Crippen molar-refractivity contribution >= 4 is 31.9 Å². The molecule has 0 spiro atoms. The van der Waals surface area contributed by atoms with Gasteiger partial charge in [0.25, 0.3) is 0 Å². The van der Waals surface area contributed by atoms with Crippen molar-refractivity contribution in [3.63, 3.8) is 0 Å². The van der Waals surface area contributed by atoms with E-state index in [4.69, 9.17) is 4.74 Å². The summed E-state index contributed by atoms with van der Waals surface area (Å²) in [6.07, 6.45) is 1.80. The number of hydrogen-bond acceptors (Lipinski definition) is 3. The van der Waals surface area contributed by atoms with Gasteiger partial charge in [0.2, 0.25) is 0 Å². The van der Waals surface area contributed by atoms with Crippen LogP contribution in [0.1, 0.15) is 19.5 Å². The van der Waals surface area contributed by atoms with Gasteiger partial charge in [0, 0.05) is 34.8 Å². The van der Waals surface area contributed by atoms with Gasteiger partial charge in [0.15, 0.2) is 0 Å². The molecule has 1 aromatic rings. The van der Waals surface area contributed by atoms with E-state index >= 15 is 0 Å². The fraction of sp³-hybridized carbons (Fsp3) is 0.583. The summed E-state index contributed by atoms with van der Waals surface area (Å²) in [5, 5.41) is 3.30. The number of nitrogens with one attached hydrogen (secondary N) is 1. The molecule has 1 aromatic heterocycles. The van der Waals surface area contributed by atoms with Gasteiger partial charge in [-0.3, -0.25) is 4.98 Å². The van der Waals surface area contributed by atoms with Crippen molar-refractivity contribution in [3.8, 4) is 0 Å². The van der Waals surface area contributed by atoms with E-state index < -0.39 is 0 Å². The highest BCUT2D eigenvalue weighted by atomic mass is 79.9. The Morgan fingerprint density at radius 2 is 2.18 bits per heavy atom. The van der Waals surface area contributed by atoms with E-state index in [0.29, 0.717) is 5.92 Å². The number of nitrogens with zero attached hydrogens (tertiary/aromatic N) is 1. The van der Waals surface area contributed by atoms with Crippen molar-refractivity contribution in [1.82, 2.24) is 10.3 Å². The summed E-state index contributed by atoms with van der Waals surface area (Å²) in [6.45, 7) is 7.45. The Labute approximate surface area is 120 Å². The fourth-order valence-corrected chi connectivity index (χ4v) is 2.37. The third-order valence-corrected chi connectivity index (χ3v) is 3.17. The van der Waals surface area contributed by atoms with Gasteiger partial charge in [0.1, 0.15) is 0 Å². The van der Waals surface area contributed by atoms with Gasteiger partial charge >= 0.3 is 0 Å². The Morgan fingerprint density at radius 1 is 1.41 bits per heavy atom. The zero-order valence-corrected chi connectivity index (χ0v) is 13.3. The largest absolute Gasteiger partial charge is 0.380 e. The first kappa shape index (κ1) is 15.1. The molecule has 0 atom stereocenters. The van der Waals surface area contributed by atoms with Crippen LogP contribution in [0.3, 0.4) is 0 Å². The van der Waals surface area contributed by atoms with Crippen LogP contribution in [0, 0.1) is 5.92 Å². The third-order valence-electron chi connectivity index (χ3n) is 2.05. The normalized spacial score (nSPS) is 11.1. The summed E-state index contributed by atoms with van der Waals surface area (Å²) in [4.78, 5) is 4.33. The Hall–Kier alpha value is 0.0300. The lowest BCUT2D eigenvalue weighted by molar-refractivity contribution is 0.111. The highest BCUT2D eigenvalue weighted by Crippen LogP contribution is 2.19. The van der Waals surface area contributed by atoms with Crippen LogP contribution in [-0.4, -0.2) is 24.7 Å². The third kappa shape index (κ3) is 6.50. The predicted molar refractivity (Wildman–Crippen MR) is 77.0 cm³/mol. The lowest BCUT2D eigenvalue weighted by Gasteiger charge is -2.08. The van der Waals surface area contributed by atoms with Gasteiger partial charge in [-0.15, -0.1) is 0 Å². The van der Waals surface area contributed by atoms with E-state index in [0.717, 1.165) is 40.9 Å². The molecule has 0 aliphatic carbocycles. The summed E-state index contributed by atoms with van der Waals surface area (Å²) >= 11 is 6.86. The monoisotopic (exact) mass is 364 g/mol. The van der Waals surface area contributed by atoms with Crippen LogP contribution in [0.4, 0.5) is 0 Å². The van der Waals surface area contributed by atoms with Crippen LogP contribution in [0.15, 0.2) is 21.2 Å². The highest BCUT2D eigenvalue weighted by Gasteiger charge is 2.01. The first-order chi connectivity index (χ1) is 8.09. The van der Waals surface area contributed by atoms with Gasteiger partial charge in [0.05, 0.1) is 12.3 Å². The van der Waals surface area contributed by atoms with E-state index in [1.807, 2.05) is 6.07 Å². The summed E-state index contributed by atoms with van der Waals surface area (Å²) in [5.41, 5.74) is 1.01. The Kier molecular flexibility index (Phi) is 7.27. The number of aromatic nitrogens is 1. The van der Waals surface area contributed by atoms with Crippen molar-refractivity contribution in [2.45, 2.75) is 20.4 Å². The van der Waals surface area contributed by atoms with Crippen molar-refractivity contribution in [3.05, 3.63) is 26.9 Å². The average Bonchev–Trinajstić information content (AvgIpc) is 2.25. The van der Waals surface area contributed by atoms with E-state index in [-0.39, 0.29) is 0 Å². The number of rotatable bonds is 7. The van der Waals surface area contributed by atoms with Gasteiger partial charge in [-0.2, -0.15) is 0 Å². The smallest absolute Gasteiger partial charge is 0.0684 e. The van der Waals surface area contributed by atoms with Crippen LogP contribution in [0.25, 0.3) is 0 Å². The molecule has 0 aliphatic rings. The molecule has 0 fully saturated rings. The lowest BCUT2D eigenvalue weighted by atomic mass is 10.2. The molecule has 1 heterocycles. The van der Waals surface area contributed by atoms with E-state index in [1.165, 1.54) is 0 Å². The molecule has 5 heteroatoms. The summed E-state index contributed by atoms with van der Waals surface area (Å²) in [7, 11) is 0. The molecule has 1 rings (SSSR count). The van der Waals surface area contributed by atoms with E-state index in [2.05, 4.69) is 56.0 Å². The molecule has 0 unspecified atom stereocenters. The molecule has 96 valence electrons. The Morgan fingerprint density at radius 3 is 2.82 bits per heavy atom. The average molecular weight is 366 g/mol. The van der Waals surface area contributed by atoms with Crippen molar-refractivity contribution in [1.29, 1.82) is 0 Å². The second kappa shape index (κ2) is 8.19. The van der Waals surface area contributed by atoms with Gasteiger partial charge in [-0.25, -0.2) is 0 Å². The molecule has 1 N–H and O–H groups in total. The van der Waals surface area contributed by atoms with Crippen molar-refractivity contribution in [2.75, 3.05) is 19.8 Å². The topological polar surface area (TPSA) is 34.1 Å². The maximum absolute atomic E-state index is 5.48. The first-order valence-electron chi connectivity index (χ1n) is 5.68. The maximum Gasteiger partial charge on any atom is 0.0684 e. The highest BCUT2D eigenvalue weighted by molar-refractivity contribution is 9.11. The second-order valence-electron chi connectivity index (χ2n) is 4.23. The molecule has 17 heavy (non-hydrogen) atoms. The molecule has 0 amide bonds. The fourth-order valence-electron chi connectivity index (χ4n) is 1.24. The molecule has 0 bridgehead atoms. The Balaban J connectivity index is 2.18. The molecule has 0 saturated carbocycles. The van der Waals surface area contributed by atoms with Crippen molar-refractivity contribution < 1.29 is 4.74 Å². The number of ether oxygens (including phenoxy) is 1. The predicted octanol–water partition coefficient (Wildman–Crippen LogP) is 3.37. The quantitative estimate of drug-likeness (QED) is 0.752. The van der Waals surface area contributed by atoms with Crippen LogP contribution < -0.4 is 5.32 Å². The molecular weight excluding hydrogens is 348 g/mol. The lowest BCUT2D eigenvalue weighted by Crippen LogP contribution is -2.21. The molecular formula is C12H18Br2N2O. The minimum atomic E-state index is 0.595. The van der Waals surface area contributed by atoms with Crippen molar-refractivity contribution in [2.24, 2.45) is 5.92 Å². The molecule has 0 aliphatic heterocycles. The summed E-state index contributed by atoms with van der Waals surface area (Å²) in [6, 6.07) is 2.00. The van der Waals surface area contributed by atoms with Gasteiger partial charge in [-0.1, -0.05) is 13.8 Å². The zero-order valence-electron chi connectivity index (χ0n) is 10.2. The number of hydrogen-bond donors (Lipinski definition) is 1. The van der Waals surface area contributed by atoms with E-state index in [9.17, 15) is 0 Å². The summed E-state index contributed by atoms with van der Waals surface area (Å²) < 4.78 is 7.48.